The second-order valence-electron chi connectivity index (χ2n) is 18.5. The first-order valence-electron chi connectivity index (χ1n) is 27.3. The van der Waals surface area contributed by atoms with Crippen LogP contribution in [0, 0.1) is 0 Å². The van der Waals surface area contributed by atoms with Crippen LogP contribution in [0.1, 0.15) is 297 Å². The third-order valence-corrected chi connectivity index (χ3v) is 12.2. The second-order valence-corrected chi connectivity index (χ2v) is 18.5. The van der Waals surface area contributed by atoms with Crippen LogP contribution in [0.4, 0.5) is 0 Å². The van der Waals surface area contributed by atoms with E-state index < -0.39 is 6.10 Å². The maximum atomic E-state index is 12.8. The zero-order valence-electron chi connectivity index (χ0n) is 41.7. The van der Waals surface area contributed by atoms with Crippen LogP contribution in [0.15, 0.2) is 24.3 Å². The molecule has 0 aliphatic carbocycles. The normalized spacial score (nSPS) is 12.1. The van der Waals surface area contributed by atoms with E-state index in [2.05, 4.69) is 45.1 Å². The van der Waals surface area contributed by atoms with Crippen molar-refractivity contribution in [3.63, 3.8) is 0 Å². The van der Waals surface area contributed by atoms with Crippen molar-refractivity contribution in [1.29, 1.82) is 0 Å². The molecule has 6 nitrogen and oxygen atoms in total. The molecule has 0 aromatic rings. The first kappa shape index (κ1) is 59.9. The number of rotatable bonds is 50. The van der Waals surface area contributed by atoms with Gasteiger partial charge in [-0.15, -0.1) is 0 Å². The number of carbonyl (C=O) groups is 3. The molecule has 1 atom stereocenters. The van der Waals surface area contributed by atoms with Crippen LogP contribution in [0.2, 0.25) is 0 Å². The third-order valence-electron chi connectivity index (χ3n) is 12.2. The molecule has 0 aliphatic heterocycles. The van der Waals surface area contributed by atoms with Gasteiger partial charge in [-0.05, 0) is 51.4 Å². The predicted octanol–water partition coefficient (Wildman–Crippen LogP) is 17.9. The maximum absolute atomic E-state index is 12.8. The van der Waals surface area contributed by atoms with Gasteiger partial charge in [-0.1, -0.05) is 251 Å². The van der Waals surface area contributed by atoms with Gasteiger partial charge in [0.2, 0.25) is 0 Å². The molecule has 0 aromatic heterocycles. The Morgan fingerprint density at radius 2 is 0.581 bits per heavy atom. The van der Waals surface area contributed by atoms with E-state index >= 15 is 0 Å². The molecule has 0 aromatic carbocycles. The van der Waals surface area contributed by atoms with E-state index in [1.807, 2.05) is 0 Å². The fourth-order valence-corrected chi connectivity index (χ4v) is 8.06. The smallest absolute Gasteiger partial charge is 0.306 e. The van der Waals surface area contributed by atoms with E-state index in [1.54, 1.807) is 0 Å². The van der Waals surface area contributed by atoms with Crippen LogP contribution in [0.5, 0.6) is 0 Å². The summed E-state index contributed by atoms with van der Waals surface area (Å²) in [6, 6.07) is 0. The minimum Gasteiger partial charge on any atom is -0.462 e. The second kappa shape index (κ2) is 51.5. The maximum Gasteiger partial charge on any atom is 0.306 e. The number of carbonyl (C=O) groups excluding carboxylic acids is 3. The highest BCUT2D eigenvalue weighted by molar-refractivity contribution is 5.71. The van der Waals surface area contributed by atoms with E-state index in [-0.39, 0.29) is 31.1 Å². The fourth-order valence-electron chi connectivity index (χ4n) is 8.06. The summed E-state index contributed by atoms with van der Waals surface area (Å²) in [5.41, 5.74) is 0. The summed E-state index contributed by atoms with van der Waals surface area (Å²) in [4.78, 5) is 38.0. The van der Waals surface area contributed by atoms with Gasteiger partial charge < -0.3 is 14.2 Å². The summed E-state index contributed by atoms with van der Waals surface area (Å²) < 4.78 is 16.8. The Balaban J connectivity index is 4.33. The molecular formula is C56H104O6. The van der Waals surface area contributed by atoms with Crippen molar-refractivity contribution in [2.24, 2.45) is 0 Å². The van der Waals surface area contributed by atoms with Crippen molar-refractivity contribution in [1.82, 2.24) is 0 Å². The Kier molecular flexibility index (Phi) is 49.8. The number of esters is 3. The number of hydrogen-bond donors (Lipinski definition) is 0. The lowest BCUT2D eigenvalue weighted by Crippen LogP contribution is -2.30. The van der Waals surface area contributed by atoms with Crippen molar-refractivity contribution in [3.8, 4) is 0 Å². The Bertz CT molecular complexity index is 1000. The van der Waals surface area contributed by atoms with Gasteiger partial charge in [0.25, 0.3) is 0 Å². The van der Waals surface area contributed by atoms with Gasteiger partial charge in [-0.25, -0.2) is 0 Å². The molecule has 0 saturated heterocycles. The Morgan fingerprint density at radius 3 is 0.919 bits per heavy atom. The number of allylic oxidation sites excluding steroid dienone is 4. The van der Waals surface area contributed by atoms with Gasteiger partial charge in [0, 0.05) is 19.3 Å². The van der Waals surface area contributed by atoms with E-state index in [4.69, 9.17) is 14.2 Å². The van der Waals surface area contributed by atoms with Crippen molar-refractivity contribution >= 4 is 17.9 Å². The molecule has 0 aliphatic rings. The summed E-state index contributed by atoms with van der Waals surface area (Å²) in [5.74, 6) is -0.859. The van der Waals surface area contributed by atoms with Crippen LogP contribution in [-0.2, 0) is 28.6 Å². The van der Waals surface area contributed by atoms with Crippen LogP contribution < -0.4 is 0 Å². The molecule has 0 fully saturated rings. The van der Waals surface area contributed by atoms with Crippen molar-refractivity contribution in [2.75, 3.05) is 13.2 Å². The molecule has 0 saturated carbocycles. The first-order valence-corrected chi connectivity index (χ1v) is 27.3. The van der Waals surface area contributed by atoms with Gasteiger partial charge in [0.05, 0.1) is 0 Å². The Hall–Kier alpha value is -2.11. The topological polar surface area (TPSA) is 78.9 Å². The van der Waals surface area contributed by atoms with E-state index in [1.165, 1.54) is 186 Å². The molecule has 0 bridgehead atoms. The highest BCUT2D eigenvalue weighted by atomic mass is 16.6. The first-order chi connectivity index (χ1) is 30.5. The third kappa shape index (κ3) is 48.9. The van der Waals surface area contributed by atoms with Gasteiger partial charge in [-0.2, -0.15) is 0 Å². The lowest BCUT2D eigenvalue weighted by molar-refractivity contribution is -0.167. The van der Waals surface area contributed by atoms with Crippen LogP contribution in [-0.4, -0.2) is 37.2 Å². The number of hydrogen-bond acceptors (Lipinski definition) is 6. The standard InChI is InChI=1S/C56H104O6/c1-4-7-10-13-16-19-22-25-27-28-29-32-34-37-40-43-46-49-55(58)61-52-53(51-60-54(57)48-45-42-39-36-33-30-24-21-18-15-12-9-6-3)62-56(59)50-47-44-41-38-35-31-26-23-20-17-14-11-8-5-2/h16,19,25,27,53H,4-15,17-18,20-24,26,28-52H2,1-3H3/b19-16-,27-25-. The summed E-state index contributed by atoms with van der Waals surface area (Å²) in [5, 5.41) is 0. The Labute approximate surface area is 385 Å². The van der Waals surface area contributed by atoms with Crippen molar-refractivity contribution in [3.05, 3.63) is 24.3 Å². The fraction of sp³-hybridized carbons (Fsp3) is 0.875. The molecule has 0 rings (SSSR count). The molecular weight excluding hydrogens is 769 g/mol. The average molecular weight is 873 g/mol. The molecule has 0 spiro atoms. The minimum absolute atomic E-state index is 0.0685. The molecule has 0 amide bonds. The van der Waals surface area contributed by atoms with Gasteiger partial charge in [-0.3, -0.25) is 14.4 Å². The van der Waals surface area contributed by atoms with Gasteiger partial charge in [0.15, 0.2) is 6.10 Å². The van der Waals surface area contributed by atoms with E-state index in [0.29, 0.717) is 19.3 Å². The summed E-state index contributed by atoms with van der Waals surface area (Å²) in [7, 11) is 0. The molecule has 0 N–H and O–H groups in total. The highest BCUT2D eigenvalue weighted by Crippen LogP contribution is 2.16. The number of ether oxygens (including phenoxy) is 3. The minimum atomic E-state index is -0.768. The molecule has 1 unspecified atom stereocenters. The van der Waals surface area contributed by atoms with Crippen LogP contribution in [0.3, 0.4) is 0 Å². The van der Waals surface area contributed by atoms with Crippen molar-refractivity contribution in [2.45, 2.75) is 303 Å². The van der Waals surface area contributed by atoms with E-state index in [0.717, 1.165) is 70.6 Å². The van der Waals surface area contributed by atoms with E-state index in [9.17, 15) is 14.4 Å². The zero-order chi connectivity index (χ0) is 45.1. The zero-order valence-corrected chi connectivity index (χ0v) is 41.7. The summed E-state index contributed by atoms with van der Waals surface area (Å²) in [6.45, 7) is 6.64. The van der Waals surface area contributed by atoms with Gasteiger partial charge >= 0.3 is 17.9 Å². The molecule has 6 heteroatoms. The molecule has 0 heterocycles. The number of unbranched alkanes of at least 4 members (excludes halogenated alkanes) is 35. The Morgan fingerprint density at radius 1 is 0.323 bits per heavy atom. The molecule has 0 radical (unpaired) electrons. The summed E-state index contributed by atoms with van der Waals surface area (Å²) in [6.07, 6.45) is 58.7. The molecule has 364 valence electrons. The summed E-state index contributed by atoms with van der Waals surface area (Å²) >= 11 is 0. The predicted molar refractivity (Wildman–Crippen MR) is 266 cm³/mol. The largest absolute Gasteiger partial charge is 0.462 e. The lowest BCUT2D eigenvalue weighted by Gasteiger charge is -2.18. The monoisotopic (exact) mass is 873 g/mol. The van der Waals surface area contributed by atoms with Gasteiger partial charge in [0.1, 0.15) is 13.2 Å². The lowest BCUT2D eigenvalue weighted by atomic mass is 10.0. The SMILES string of the molecule is CCCCC/C=C\C/C=C\CCCCCCCCCC(=O)OCC(COC(=O)CCCCCCCCCCCCCCC)OC(=O)CCCCCCCCCCCCCCCC. The highest BCUT2D eigenvalue weighted by Gasteiger charge is 2.19. The molecule has 62 heavy (non-hydrogen) atoms. The van der Waals surface area contributed by atoms with Crippen LogP contribution in [0.25, 0.3) is 0 Å². The van der Waals surface area contributed by atoms with Crippen molar-refractivity contribution < 1.29 is 28.6 Å². The van der Waals surface area contributed by atoms with Crippen LogP contribution >= 0.6 is 0 Å². The quantitative estimate of drug-likeness (QED) is 0.0262. The average Bonchev–Trinajstić information content (AvgIpc) is 3.27.